The molecule has 0 aliphatic carbocycles. The van der Waals surface area contributed by atoms with Crippen LogP contribution >= 0.6 is 0 Å². The first-order valence-corrected chi connectivity index (χ1v) is 9.43. The molecule has 2 aromatic rings. The first-order valence-electron chi connectivity index (χ1n) is 9.43. The fourth-order valence-corrected chi connectivity index (χ4v) is 3.49. The zero-order valence-corrected chi connectivity index (χ0v) is 16.2. The maximum Gasteiger partial charge on any atom is 0.322 e. The lowest BCUT2D eigenvalue weighted by Crippen LogP contribution is -2.40. The van der Waals surface area contributed by atoms with Crippen LogP contribution in [0, 0.1) is 0 Å². The van der Waals surface area contributed by atoms with Crippen molar-refractivity contribution in [1.29, 1.82) is 0 Å². The van der Waals surface area contributed by atoms with Crippen LogP contribution in [0.25, 0.3) is 0 Å². The molecule has 1 atom stereocenters. The summed E-state index contributed by atoms with van der Waals surface area (Å²) in [6.45, 7) is 1.65. The van der Waals surface area contributed by atoms with Crippen molar-refractivity contribution in [3.05, 3.63) is 54.1 Å². The van der Waals surface area contributed by atoms with Crippen LogP contribution in [-0.2, 0) is 19.9 Å². The van der Waals surface area contributed by atoms with Crippen molar-refractivity contribution >= 4 is 35.1 Å². The zero-order chi connectivity index (χ0) is 21.3. The van der Waals surface area contributed by atoms with Gasteiger partial charge < -0.3 is 15.4 Å². The van der Waals surface area contributed by atoms with E-state index >= 15 is 0 Å². The van der Waals surface area contributed by atoms with Crippen molar-refractivity contribution in [2.24, 2.45) is 0 Å². The van der Waals surface area contributed by atoms with E-state index in [-0.39, 0.29) is 25.5 Å². The van der Waals surface area contributed by atoms with Gasteiger partial charge in [-0.1, -0.05) is 24.3 Å². The molecule has 0 unspecified atom stereocenters. The number of nitrogens with zero attached hydrogens (tertiary/aromatic N) is 1. The van der Waals surface area contributed by atoms with Crippen LogP contribution in [0.2, 0.25) is 0 Å². The standard InChI is InChI=1S/C21H20N4O5/c1-21(19(28)23-20(29)24-21)13-5-4-6-14(11-13)22-17(26)12-25-15-7-2-3-8-16(15)30-10-9-18(25)27/h2-8,11H,9-10,12H2,1H3,(H,22,26)(H2,23,24,28,29)/t21-/m1/s1. The van der Waals surface area contributed by atoms with Crippen LogP contribution in [0.15, 0.2) is 48.5 Å². The quantitative estimate of drug-likeness (QED) is 0.663. The number of imide groups is 1. The Morgan fingerprint density at radius 2 is 1.97 bits per heavy atom. The molecule has 30 heavy (non-hydrogen) atoms. The van der Waals surface area contributed by atoms with E-state index in [2.05, 4.69) is 16.0 Å². The van der Waals surface area contributed by atoms with Gasteiger partial charge in [0.1, 0.15) is 17.8 Å². The van der Waals surface area contributed by atoms with Crippen molar-refractivity contribution in [2.75, 3.05) is 23.4 Å². The molecule has 1 fully saturated rings. The summed E-state index contributed by atoms with van der Waals surface area (Å²) >= 11 is 0. The van der Waals surface area contributed by atoms with E-state index in [1.54, 1.807) is 55.5 Å². The van der Waals surface area contributed by atoms with Crippen molar-refractivity contribution in [1.82, 2.24) is 10.6 Å². The molecule has 2 aliphatic rings. The minimum atomic E-state index is -1.23. The molecule has 5 amide bonds. The van der Waals surface area contributed by atoms with Crippen molar-refractivity contribution in [3.8, 4) is 5.75 Å². The number of hydrogen-bond acceptors (Lipinski definition) is 5. The van der Waals surface area contributed by atoms with Gasteiger partial charge >= 0.3 is 6.03 Å². The third-order valence-electron chi connectivity index (χ3n) is 5.10. The molecule has 154 valence electrons. The summed E-state index contributed by atoms with van der Waals surface area (Å²) in [5.74, 6) is -0.527. The number of ether oxygens (including phenoxy) is 1. The van der Waals surface area contributed by atoms with Crippen LogP contribution in [0.1, 0.15) is 18.9 Å². The summed E-state index contributed by atoms with van der Waals surface area (Å²) in [6, 6.07) is 13.1. The smallest absolute Gasteiger partial charge is 0.322 e. The Bertz CT molecular complexity index is 1050. The summed E-state index contributed by atoms with van der Waals surface area (Å²) in [6.07, 6.45) is 0.171. The van der Waals surface area contributed by atoms with Crippen molar-refractivity contribution in [3.63, 3.8) is 0 Å². The molecule has 2 heterocycles. The van der Waals surface area contributed by atoms with Gasteiger partial charge in [-0.05, 0) is 36.8 Å². The fraction of sp³-hybridized carbons (Fsp3) is 0.238. The number of carbonyl (C=O) groups is 4. The van der Waals surface area contributed by atoms with E-state index in [9.17, 15) is 19.2 Å². The third kappa shape index (κ3) is 3.57. The van der Waals surface area contributed by atoms with Gasteiger partial charge in [-0.2, -0.15) is 0 Å². The van der Waals surface area contributed by atoms with Crippen molar-refractivity contribution < 1.29 is 23.9 Å². The number of fused-ring (bicyclic) bond motifs is 1. The Morgan fingerprint density at radius 3 is 2.73 bits per heavy atom. The maximum atomic E-state index is 12.7. The monoisotopic (exact) mass is 408 g/mol. The lowest BCUT2D eigenvalue weighted by atomic mass is 9.92. The van der Waals surface area contributed by atoms with Gasteiger partial charge in [0, 0.05) is 5.69 Å². The van der Waals surface area contributed by atoms with Crippen LogP contribution < -0.4 is 25.6 Å². The highest BCUT2D eigenvalue weighted by Gasteiger charge is 2.43. The van der Waals surface area contributed by atoms with Crippen LogP contribution in [-0.4, -0.2) is 36.9 Å². The number of para-hydroxylation sites is 2. The number of amides is 5. The summed E-state index contributed by atoms with van der Waals surface area (Å²) in [4.78, 5) is 50.2. The van der Waals surface area contributed by atoms with E-state index in [1.165, 1.54) is 4.90 Å². The summed E-state index contributed by atoms with van der Waals surface area (Å²) in [5, 5.41) is 7.55. The normalized spacial score (nSPS) is 20.6. The van der Waals surface area contributed by atoms with Gasteiger partial charge in [0.05, 0.1) is 18.7 Å². The largest absolute Gasteiger partial charge is 0.491 e. The van der Waals surface area contributed by atoms with Crippen LogP contribution in [0.3, 0.4) is 0 Å². The predicted octanol–water partition coefficient (Wildman–Crippen LogP) is 1.50. The van der Waals surface area contributed by atoms with Crippen molar-refractivity contribution in [2.45, 2.75) is 18.9 Å². The van der Waals surface area contributed by atoms with Gasteiger partial charge in [0.15, 0.2) is 0 Å². The molecule has 2 aliphatic heterocycles. The Labute approximate surface area is 172 Å². The second kappa shape index (κ2) is 7.51. The number of carbonyl (C=O) groups excluding carboxylic acids is 4. The first kappa shape index (κ1) is 19.4. The molecular formula is C21H20N4O5. The molecule has 2 aromatic carbocycles. The highest BCUT2D eigenvalue weighted by Crippen LogP contribution is 2.31. The summed E-state index contributed by atoms with van der Waals surface area (Å²) < 4.78 is 5.58. The highest BCUT2D eigenvalue weighted by atomic mass is 16.5. The van der Waals surface area contributed by atoms with Gasteiger partial charge in [0.25, 0.3) is 5.91 Å². The molecule has 0 radical (unpaired) electrons. The molecule has 4 rings (SSSR count). The van der Waals surface area contributed by atoms with Crippen LogP contribution in [0.5, 0.6) is 5.75 Å². The van der Waals surface area contributed by atoms with Gasteiger partial charge in [-0.25, -0.2) is 4.79 Å². The van der Waals surface area contributed by atoms with E-state index < -0.39 is 23.4 Å². The lowest BCUT2D eigenvalue weighted by molar-refractivity contribution is -0.123. The molecule has 9 heteroatoms. The topological polar surface area (TPSA) is 117 Å². The van der Waals surface area contributed by atoms with E-state index in [4.69, 9.17) is 4.74 Å². The fourth-order valence-electron chi connectivity index (χ4n) is 3.49. The molecule has 0 aromatic heterocycles. The second-order valence-electron chi connectivity index (χ2n) is 7.21. The Hall–Kier alpha value is -3.88. The maximum absolute atomic E-state index is 12.7. The summed E-state index contributed by atoms with van der Waals surface area (Å²) in [5.41, 5.74) is 0.281. The highest BCUT2D eigenvalue weighted by molar-refractivity contribution is 6.07. The van der Waals surface area contributed by atoms with E-state index in [0.29, 0.717) is 22.7 Å². The molecule has 0 spiro atoms. The number of anilines is 2. The second-order valence-corrected chi connectivity index (χ2v) is 7.21. The number of urea groups is 1. The molecular weight excluding hydrogens is 388 g/mol. The molecule has 9 nitrogen and oxygen atoms in total. The zero-order valence-electron chi connectivity index (χ0n) is 16.2. The van der Waals surface area contributed by atoms with E-state index in [1.807, 2.05) is 0 Å². The van der Waals surface area contributed by atoms with Gasteiger partial charge in [0.2, 0.25) is 11.8 Å². The number of nitrogens with one attached hydrogen (secondary N) is 3. The van der Waals surface area contributed by atoms with Gasteiger partial charge in [-0.15, -0.1) is 0 Å². The summed E-state index contributed by atoms with van der Waals surface area (Å²) in [7, 11) is 0. The number of hydrogen-bond donors (Lipinski definition) is 3. The predicted molar refractivity (Wildman–Crippen MR) is 108 cm³/mol. The average Bonchev–Trinajstić information content (AvgIpc) is 2.89. The number of rotatable bonds is 4. The SMILES string of the molecule is C[C@]1(c2cccc(NC(=O)CN3C(=O)CCOc4ccccc43)c2)NC(=O)NC1=O. The molecule has 0 saturated carbocycles. The Balaban J connectivity index is 1.52. The minimum absolute atomic E-state index is 0.171. The molecule has 0 bridgehead atoms. The lowest BCUT2D eigenvalue weighted by Gasteiger charge is -2.23. The molecule has 1 saturated heterocycles. The molecule has 3 N–H and O–H groups in total. The third-order valence-corrected chi connectivity index (χ3v) is 5.10. The Kier molecular flexibility index (Phi) is 4.86. The Morgan fingerprint density at radius 1 is 1.17 bits per heavy atom. The average molecular weight is 408 g/mol. The van der Waals surface area contributed by atoms with Gasteiger partial charge in [-0.3, -0.25) is 24.6 Å². The minimum Gasteiger partial charge on any atom is -0.491 e. The first-order chi connectivity index (χ1) is 14.4. The number of benzene rings is 2. The van der Waals surface area contributed by atoms with E-state index in [0.717, 1.165) is 0 Å². The van der Waals surface area contributed by atoms with Crippen LogP contribution in [0.4, 0.5) is 16.2 Å².